The van der Waals surface area contributed by atoms with Crippen molar-refractivity contribution < 1.29 is 19.4 Å². The van der Waals surface area contributed by atoms with Crippen LogP contribution in [0.1, 0.15) is 38.7 Å². The first-order chi connectivity index (χ1) is 8.33. The Kier molecular flexibility index (Phi) is 4.46. The summed E-state index contributed by atoms with van der Waals surface area (Å²) < 4.78 is 12.9. The molecule has 0 aliphatic carbocycles. The molecule has 0 heterocycles. The molecule has 0 spiro atoms. The third kappa shape index (κ3) is 2.53. The van der Waals surface area contributed by atoms with Gasteiger partial charge < -0.3 is 10.2 Å². The molecule has 0 saturated carbocycles. The Hall–Kier alpha value is -1.42. The lowest BCUT2D eigenvalue weighted by Crippen LogP contribution is -2.49. The van der Waals surface area contributed by atoms with E-state index in [-0.39, 0.29) is 5.82 Å². The van der Waals surface area contributed by atoms with E-state index in [1.165, 1.54) is 24.3 Å². The van der Waals surface area contributed by atoms with Gasteiger partial charge in [0.1, 0.15) is 5.82 Å². The quantitative estimate of drug-likeness (QED) is 0.849. The lowest BCUT2D eigenvalue weighted by Gasteiger charge is -2.35. The van der Waals surface area contributed by atoms with Crippen LogP contribution in [-0.2, 0) is 4.79 Å². The fourth-order valence-electron chi connectivity index (χ4n) is 2.29. The second kappa shape index (κ2) is 5.48. The summed E-state index contributed by atoms with van der Waals surface area (Å²) in [5, 5.41) is 19.8. The van der Waals surface area contributed by atoms with Crippen molar-refractivity contribution >= 4 is 5.97 Å². The van der Waals surface area contributed by atoms with Crippen LogP contribution in [0.3, 0.4) is 0 Å². The number of rotatable bonds is 5. The highest BCUT2D eigenvalue weighted by molar-refractivity contribution is 5.79. The van der Waals surface area contributed by atoms with Crippen LogP contribution < -0.4 is 0 Å². The molecule has 18 heavy (non-hydrogen) atoms. The molecule has 2 N–H and O–H groups in total. The summed E-state index contributed by atoms with van der Waals surface area (Å²) in [5.74, 6) is -2.62. The average molecular weight is 254 g/mol. The molecule has 0 aliphatic rings. The Morgan fingerprint density at radius 1 is 1.33 bits per heavy atom. The second-order valence-corrected chi connectivity index (χ2v) is 4.80. The molecular weight excluding hydrogens is 235 g/mol. The van der Waals surface area contributed by atoms with Crippen LogP contribution >= 0.6 is 0 Å². The molecule has 0 aromatic heterocycles. The van der Waals surface area contributed by atoms with Crippen LogP contribution in [0.15, 0.2) is 24.3 Å². The van der Waals surface area contributed by atoms with Crippen LogP contribution in [0.2, 0.25) is 0 Å². The van der Waals surface area contributed by atoms with E-state index in [0.29, 0.717) is 12.0 Å². The summed E-state index contributed by atoms with van der Waals surface area (Å²) in [6.45, 7) is 5.14. The van der Waals surface area contributed by atoms with Crippen molar-refractivity contribution in [1.82, 2.24) is 0 Å². The number of carbonyl (C=O) groups is 1. The standard InChI is InChI=1S/C14H19FO3/c1-4-12(10-5-7-11(15)8-6-10)14(18,9(2)3)13(16)17/h5-9,12,18H,4H2,1-3H3,(H,16,17). The third-order valence-electron chi connectivity index (χ3n) is 3.43. The number of aliphatic carboxylic acids is 1. The molecule has 2 atom stereocenters. The van der Waals surface area contributed by atoms with Gasteiger partial charge >= 0.3 is 5.97 Å². The SMILES string of the molecule is CCC(c1ccc(F)cc1)C(O)(C(=O)O)C(C)C. The first kappa shape index (κ1) is 14.6. The molecule has 0 radical (unpaired) electrons. The number of aliphatic hydroxyl groups is 1. The van der Waals surface area contributed by atoms with E-state index in [1.807, 2.05) is 6.92 Å². The first-order valence-corrected chi connectivity index (χ1v) is 6.05. The monoisotopic (exact) mass is 254 g/mol. The van der Waals surface area contributed by atoms with Crippen LogP contribution in [0, 0.1) is 11.7 Å². The highest BCUT2D eigenvalue weighted by Crippen LogP contribution is 2.37. The summed E-state index contributed by atoms with van der Waals surface area (Å²) >= 11 is 0. The molecule has 1 rings (SSSR count). The zero-order chi connectivity index (χ0) is 13.9. The van der Waals surface area contributed by atoms with Gasteiger partial charge in [0, 0.05) is 5.92 Å². The van der Waals surface area contributed by atoms with Gasteiger partial charge in [-0.15, -0.1) is 0 Å². The Morgan fingerprint density at radius 2 is 1.83 bits per heavy atom. The Bertz CT molecular complexity index is 414. The van der Waals surface area contributed by atoms with Gasteiger partial charge in [0.05, 0.1) is 0 Å². The second-order valence-electron chi connectivity index (χ2n) is 4.80. The molecule has 1 aromatic rings. The molecule has 1 aromatic carbocycles. The van der Waals surface area contributed by atoms with E-state index >= 15 is 0 Å². The normalized spacial score (nSPS) is 16.3. The summed E-state index contributed by atoms with van der Waals surface area (Å²) in [4.78, 5) is 11.4. The highest BCUT2D eigenvalue weighted by atomic mass is 19.1. The van der Waals surface area contributed by atoms with Gasteiger partial charge in [-0.25, -0.2) is 9.18 Å². The van der Waals surface area contributed by atoms with Crippen molar-refractivity contribution in [2.24, 2.45) is 5.92 Å². The number of carboxylic acid groups (broad SMARTS) is 1. The third-order valence-corrected chi connectivity index (χ3v) is 3.43. The summed E-state index contributed by atoms with van der Waals surface area (Å²) in [7, 11) is 0. The smallest absolute Gasteiger partial charge is 0.336 e. The number of hydrogen-bond donors (Lipinski definition) is 2. The summed E-state index contributed by atoms with van der Waals surface area (Å²) in [5.41, 5.74) is -1.20. The fraction of sp³-hybridized carbons (Fsp3) is 0.500. The predicted octanol–water partition coefficient (Wildman–Crippen LogP) is 2.79. The van der Waals surface area contributed by atoms with Gasteiger partial charge in [0.25, 0.3) is 0 Å². The minimum Gasteiger partial charge on any atom is -0.479 e. The van der Waals surface area contributed by atoms with E-state index in [1.54, 1.807) is 13.8 Å². The molecule has 3 nitrogen and oxygen atoms in total. The van der Waals surface area contributed by atoms with Gasteiger partial charge in [-0.1, -0.05) is 32.9 Å². The minimum atomic E-state index is -1.84. The van der Waals surface area contributed by atoms with Gasteiger partial charge in [-0.2, -0.15) is 0 Å². The van der Waals surface area contributed by atoms with E-state index in [0.717, 1.165) is 0 Å². The van der Waals surface area contributed by atoms with E-state index in [2.05, 4.69) is 0 Å². The van der Waals surface area contributed by atoms with Crippen molar-refractivity contribution in [3.63, 3.8) is 0 Å². The lowest BCUT2D eigenvalue weighted by atomic mass is 9.73. The lowest BCUT2D eigenvalue weighted by molar-refractivity contribution is -0.167. The van der Waals surface area contributed by atoms with Crippen LogP contribution in [0.4, 0.5) is 4.39 Å². The van der Waals surface area contributed by atoms with Gasteiger partial charge in [-0.05, 0) is 30.0 Å². The topological polar surface area (TPSA) is 57.5 Å². The van der Waals surface area contributed by atoms with Crippen molar-refractivity contribution in [3.8, 4) is 0 Å². The molecule has 0 fully saturated rings. The number of benzene rings is 1. The van der Waals surface area contributed by atoms with Crippen LogP contribution in [0.5, 0.6) is 0 Å². The molecule has 100 valence electrons. The van der Waals surface area contributed by atoms with Crippen molar-refractivity contribution in [2.75, 3.05) is 0 Å². The van der Waals surface area contributed by atoms with E-state index in [9.17, 15) is 19.4 Å². The Balaban J connectivity index is 3.22. The first-order valence-electron chi connectivity index (χ1n) is 6.05. The number of hydrogen-bond acceptors (Lipinski definition) is 2. The predicted molar refractivity (Wildman–Crippen MR) is 66.9 cm³/mol. The van der Waals surface area contributed by atoms with Crippen LogP contribution in [-0.4, -0.2) is 21.8 Å². The zero-order valence-corrected chi connectivity index (χ0v) is 10.9. The maximum absolute atomic E-state index is 12.9. The molecule has 0 saturated heterocycles. The van der Waals surface area contributed by atoms with Crippen LogP contribution in [0.25, 0.3) is 0 Å². The largest absolute Gasteiger partial charge is 0.479 e. The van der Waals surface area contributed by atoms with Gasteiger partial charge in [0.2, 0.25) is 0 Å². The van der Waals surface area contributed by atoms with Gasteiger partial charge in [-0.3, -0.25) is 0 Å². The molecule has 2 unspecified atom stereocenters. The molecule has 0 amide bonds. The Morgan fingerprint density at radius 3 is 2.17 bits per heavy atom. The van der Waals surface area contributed by atoms with Crippen molar-refractivity contribution in [3.05, 3.63) is 35.6 Å². The minimum absolute atomic E-state index is 0.378. The summed E-state index contributed by atoms with van der Waals surface area (Å²) in [6.07, 6.45) is 0.465. The Labute approximate surface area is 106 Å². The van der Waals surface area contributed by atoms with Crippen molar-refractivity contribution in [2.45, 2.75) is 38.7 Å². The van der Waals surface area contributed by atoms with Crippen molar-refractivity contribution in [1.29, 1.82) is 0 Å². The maximum Gasteiger partial charge on any atom is 0.336 e. The van der Waals surface area contributed by atoms with E-state index in [4.69, 9.17) is 0 Å². The number of carboxylic acids is 1. The molecular formula is C14H19FO3. The zero-order valence-electron chi connectivity index (χ0n) is 10.9. The highest BCUT2D eigenvalue weighted by Gasteiger charge is 2.46. The number of halogens is 1. The molecule has 0 aliphatic heterocycles. The summed E-state index contributed by atoms with van der Waals surface area (Å²) in [6, 6.07) is 5.61. The van der Waals surface area contributed by atoms with E-state index < -0.39 is 23.4 Å². The molecule has 4 heteroatoms. The fourth-order valence-corrected chi connectivity index (χ4v) is 2.29. The molecule has 0 bridgehead atoms. The maximum atomic E-state index is 12.9. The average Bonchev–Trinajstić information content (AvgIpc) is 2.31. The van der Waals surface area contributed by atoms with Gasteiger partial charge in [0.15, 0.2) is 5.60 Å².